The van der Waals surface area contributed by atoms with Gasteiger partial charge >= 0.3 is 0 Å². The maximum absolute atomic E-state index is 9.77. The Balaban J connectivity index is 2.18. The number of benzene rings is 1. The van der Waals surface area contributed by atoms with Gasteiger partial charge in [0.2, 0.25) is 0 Å². The van der Waals surface area contributed by atoms with Crippen molar-refractivity contribution in [1.82, 2.24) is 4.90 Å². The highest BCUT2D eigenvalue weighted by molar-refractivity contribution is 5.37. The van der Waals surface area contributed by atoms with Crippen LogP contribution in [0.25, 0.3) is 0 Å². The zero-order chi connectivity index (χ0) is 13.9. The fourth-order valence-electron chi connectivity index (χ4n) is 3.14. The second-order valence-electron chi connectivity index (χ2n) is 5.82. The van der Waals surface area contributed by atoms with Crippen LogP contribution in [-0.4, -0.2) is 43.9 Å². The van der Waals surface area contributed by atoms with E-state index in [1.165, 1.54) is 11.1 Å². The fraction of sp³-hybridized carbons (Fsp3) is 0.625. The molecule has 1 aromatic rings. The van der Waals surface area contributed by atoms with Crippen LogP contribution in [0, 0.1) is 5.41 Å². The molecule has 0 saturated carbocycles. The smallest absolute Gasteiger partial charge is 0.122 e. The Labute approximate surface area is 116 Å². The number of aryl methyl sites for hydroxylation is 1. The molecule has 1 atom stereocenters. The molecule has 1 N–H and O–H groups in total. The average Bonchev–Trinajstić information content (AvgIpc) is 2.80. The molecule has 3 heteroatoms. The van der Waals surface area contributed by atoms with Gasteiger partial charge in [-0.25, -0.2) is 0 Å². The van der Waals surface area contributed by atoms with Gasteiger partial charge in [-0.05, 0) is 50.0 Å². The summed E-state index contributed by atoms with van der Waals surface area (Å²) in [4.78, 5) is 2.31. The van der Waals surface area contributed by atoms with Crippen molar-refractivity contribution < 1.29 is 9.84 Å². The van der Waals surface area contributed by atoms with Gasteiger partial charge in [0.1, 0.15) is 5.75 Å². The normalized spacial score (nSPS) is 23.8. The number of ether oxygens (including phenoxy) is 1. The SMILES string of the molecule is CCc1cc(CC2(CO)CCN(C)C2)ccc1OC. The number of aliphatic hydroxyl groups excluding tert-OH is 1. The molecule has 0 aliphatic carbocycles. The second kappa shape index (κ2) is 5.93. The van der Waals surface area contributed by atoms with Crippen LogP contribution in [0.15, 0.2) is 18.2 Å². The minimum atomic E-state index is 0.0361. The zero-order valence-electron chi connectivity index (χ0n) is 12.3. The number of rotatable bonds is 5. The minimum Gasteiger partial charge on any atom is -0.496 e. The van der Waals surface area contributed by atoms with Crippen LogP contribution in [0.4, 0.5) is 0 Å². The van der Waals surface area contributed by atoms with Gasteiger partial charge in [0.05, 0.1) is 13.7 Å². The van der Waals surface area contributed by atoms with E-state index in [0.717, 1.165) is 38.1 Å². The molecule has 1 aliphatic heterocycles. The monoisotopic (exact) mass is 263 g/mol. The van der Waals surface area contributed by atoms with Crippen molar-refractivity contribution in [2.24, 2.45) is 5.41 Å². The van der Waals surface area contributed by atoms with Gasteiger partial charge in [0, 0.05) is 12.0 Å². The summed E-state index contributed by atoms with van der Waals surface area (Å²) in [7, 11) is 3.85. The van der Waals surface area contributed by atoms with Gasteiger partial charge in [-0.1, -0.05) is 19.1 Å². The third-order valence-electron chi connectivity index (χ3n) is 4.27. The van der Waals surface area contributed by atoms with Crippen molar-refractivity contribution in [1.29, 1.82) is 0 Å². The molecule has 0 aromatic heterocycles. The minimum absolute atomic E-state index is 0.0361. The molecule has 19 heavy (non-hydrogen) atoms. The first kappa shape index (κ1) is 14.4. The summed E-state index contributed by atoms with van der Waals surface area (Å²) in [6.07, 6.45) is 3.00. The number of methoxy groups -OCH3 is 1. The first-order valence-electron chi connectivity index (χ1n) is 7.07. The van der Waals surface area contributed by atoms with E-state index < -0.39 is 0 Å². The Hall–Kier alpha value is -1.06. The molecule has 0 amide bonds. The van der Waals surface area contributed by atoms with E-state index in [1.807, 2.05) is 0 Å². The van der Waals surface area contributed by atoms with Gasteiger partial charge in [-0.3, -0.25) is 0 Å². The van der Waals surface area contributed by atoms with Crippen LogP contribution in [0.2, 0.25) is 0 Å². The van der Waals surface area contributed by atoms with Gasteiger partial charge < -0.3 is 14.7 Å². The molecular formula is C16H25NO2. The highest BCUT2D eigenvalue weighted by Gasteiger charge is 2.36. The molecule has 3 nitrogen and oxygen atoms in total. The molecule has 0 radical (unpaired) electrons. The van der Waals surface area contributed by atoms with Gasteiger partial charge in [0.25, 0.3) is 0 Å². The topological polar surface area (TPSA) is 32.7 Å². The lowest BCUT2D eigenvalue weighted by Gasteiger charge is -2.27. The molecule has 2 rings (SSSR count). The highest BCUT2D eigenvalue weighted by Crippen LogP contribution is 2.34. The summed E-state index contributed by atoms with van der Waals surface area (Å²) in [5, 5.41) is 9.77. The van der Waals surface area contributed by atoms with Crippen molar-refractivity contribution in [3.63, 3.8) is 0 Å². The quantitative estimate of drug-likeness (QED) is 0.883. The van der Waals surface area contributed by atoms with Crippen molar-refractivity contribution in [3.8, 4) is 5.75 Å². The fourth-order valence-corrected chi connectivity index (χ4v) is 3.14. The molecule has 1 heterocycles. The van der Waals surface area contributed by atoms with E-state index >= 15 is 0 Å². The van der Waals surface area contributed by atoms with Gasteiger partial charge in [0.15, 0.2) is 0 Å². The largest absolute Gasteiger partial charge is 0.496 e. The molecule has 1 saturated heterocycles. The number of hydrogen-bond donors (Lipinski definition) is 1. The van der Waals surface area contributed by atoms with Crippen LogP contribution in [0.1, 0.15) is 24.5 Å². The van der Waals surface area contributed by atoms with E-state index in [4.69, 9.17) is 4.74 Å². The summed E-state index contributed by atoms with van der Waals surface area (Å²) in [6.45, 7) is 4.48. The van der Waals surface area contributed by atoms with Crippen LogP contribution in [0.3, 0.4) is 0 Å². The maximum Gasteiger partial charge on any atom is 0.122 e. The predicted octanol–water partition coefficient (Wildman–Crippen LogP) is 2.11. The predicted molar refractivity (Wildman–Crippen MR) is 77.7 cm³/mol. The molecule has 1 fully saturated rings. The number of aliphatic hydroxyl groups is 1. The van der Waals surface area contributed by atoms with Crippen molar-refractivity contribution in [2.75, 3.05) is 33.9 Å². The molecular weight excluding hydrogens is 238 g/mol. The van der Waals surface area contributed by atoms with E-state index in [9.17, 15) is 5.11 Å². The summed E-state index contributed by atoms with van der Waals surface area (Å²) in [5.74, 6) is 0.966. The Morgan fingerprint density at radius 3 is 2.74 bits per heavy atom. The number of nitrogens with zero attached hydrogens (tertiary/aromatic N) is 1. The van der Waals surface area contributed by atoms with Gasteiger partial charge in [-0.2, -0.15) is 0 Å². The maximum atomic E-state index is 9.77. The first-order valence-corrected chi connectivity index (χ1v) is 7.07. The molecule has 1 aromatic carbocycles. The Morgan fingerprint density at radius 1 is 1.42 bits per heavy atom. The molecule has 106 valence electrons. The zero-order valence-corrected chi connectivity index (χ0v) is 12.3. The van der Waals surface area contributed by atoms with Crippen LogP contribution in [-0.2, 0) is 12.8 Å². The molecule has 0 spiro atoms. The van der Waals surface area contributed by atoms with Gasteiger partial charge in [-0.15, -0.1) is 0 Å². The van der Waals surface area contributed by atoms with E-state index in [2.05, 4.69) is 37.1 Å². The second-order valence-corrected chi connectivity index (χ2v) is 5.82. The van der Waals surface area contributed by atoms with E-state index in [-0.39, 0.29) is 12.0 Å². The van der Waals surface area contributed by atoms with E-state index in [1.54, 1.807) is 7.11 Å². The van der Waals surface area contributed by atoms with Crippen LogP contribution < -0.4 is 4.74 Å². The average molecular weight is 263 g/mol. The Morgan fingerprint density at radius 2 is 2.21 bits per heavy atom. The molecule has 1 unspecified atom stereocenters. The third kappa shape index (κ3) is 3.10. The number of hydrogen-bond acceptors (Lipinski definition) is 3. The Bertz CT molecular complexity index is 433. The van der Waals surface area contributed by atoms with Crippen LogP contribution in [0.5, 0.6) is 5.75 Å². The Kier molecular flexibility index (Phi) is 4.48. The number of likely N-dealkylation sites (tertiary alicyclic amines) is 1. The van der Waals surface area contributed by atoms with Crippen molar-refractivity contribution >= 4 is 0 Å². The lowest BCUT2D eigenvalue weighted by atomic mass is 9.81. The van der Waals surface area contributed by atoms with Crippen molar-refractivity contribution in [2.45, 2.75) is 26.2 Å². The molecule has 1 aliphatic rings. The van der Waals surface area contributed by atoms with E-state index in [0.29, 0.717) is 0 Å². The summed E-state index contributed by atoms with van der Waals surface area (Å²) in [5.41, 5.74) is 2.59. The standard InChI is InChI=1S/C16H25NO2/c1-4-14-9-13(5-6-15(14)19-3)10-16(12-18)7-8-17(2)11-16/h5-6,9,18H,4,7-8,10-12H2,1-3H3. The third-order valence-corrected chi connectivity index (χ3v) is 4.27. The summed E-state index contributed by atoms with van der Waals surface area (Å²) in [6, 6.07) is 6.42. The van der Waals surface area contributed by atoms with Crippen LogP contribution >= 0.6 is 0 Å². The first-order chi connectivity index (χ1) is 9.12. The lowest BCUT2D eigenvalue weighted by Crippen LogP contribution is -2.31. The van der Waals surface area contributed by atoms with Crippen molar-refractivity contribution in [3.05, 3.63) is 29.3 Å². The highest BCUT2D eigenvalue weighted by atomic mass is 16.5. The molecule has 0 bridgehead atoms. The lowest BCUT2D eigenvalue weighted by molar-refractivity contribution is 0.132. The summed E-state index contributed by atoms with van der Waals surface area (Å²) >= 11 is 0. The summed E-state index contributed by atoms with van der Waals surface area (Å²) < 4.78 is 5.37.